The number of aromatic carboxylic acids is 1. The van der Waals surface area contributed by atoms with E-state index in [1.807, 2.05) is 13.8 Å². The Morgan fingerprint density at radius 1 is 1.00 bits per heavy atom. The number of aryl methyl sites for hydroxylation is 1. The Morgan fingerprint density at radius 2 is 1.66 bits per heavy atom. The van der Waals surface area contributed by atoms with Crippen LogP contribution in [0.4, 0.5) is 18.9 Å². The van der Waals surface area contributed by atoms with E-state index in [2.05, 4.69) is 5.32 Å². The number of nitrogens with zero attached hydrogens (tertiary/aromatic N) is 1. The molecule has 0 bridgehead atoms. The summed E-state index contributed by atoms with van der Waals surface area (Å²) >= 11 is 0. The van der Waals surface area contributed by atoms with Gasteiger partial charge in [-0.15, -0.1) is 0 Å². The van der Waals surface area contributed by atoms with Gasteiger partial charge in [-0.3, -0.25) is 4.79 Å². The number of hydrogen-bond donors (Lipinski definition) is 2. The number of benzene rings is 2. The van der Waals surface area contributed by atoms with Crippen molar-refractivity contribution in [3.05, 3.63) is 82.2 Å². The number of carbonyl (C=O) groups excluding carboxylic acids is 1. The molecule has 0 atom stereocenters. The van der Waals surface area contributed by atoms with Crippen molar-refractivity contribution < 1.29 is 27.9 Å². The quantitative estimate of drug-likeness (QED) is 0.493. The van der Waals surface area contributed by atoms with Crippen molar-refractivity contribution in [2.24, 2.45) is 0 Å². The van der Waals surface area contributed by atoms with Gasteiger partial charge < -0.3 is 15.0 Å². The van der Waals surface area contributed by atoms with Gasteiger partial charge in [0.1, 0.15) is 0 Å². The van der Waals surface area contributed by atoms with E-state index < -0.39 is 23.6 Å². The second kappa shape index (κ2) is 8.53. The molecule has 0 aliphatic carbocycles. The largest absolute Gasteiger partial charge is 0.478 e. The molecular weight excluding hydrogens is 421 g/mol. The Labute approximate surface area is 183 Å². The Balaban J connectivity index is 2.09. The van der Waals surface area contributed by atoms with Gasteiger partial charge in [-0.25, -0.2) is 4.79 Å². The van der Waals surface area contributed by atoms with Crippen LogP contribution in [0.15, 0.2) is 48.5 Å². The monoisotopic (exact) mass is 444 g/mol. The number of nitrogens with one attached hydrogen (secondary N) is 1. The maximum absolute atomic E-state index is 13.5. The summed E-state index contributed by atoms with van der Waals surface area (Å²) in [4.78, 5) is 24.8. The molecule has 0 unspecified atom stereocenters. The minimum absolute atomic E-state index is 0.0548. The Hall–Kier alpha value is -3.55. The standard InChI is InChI=1S/C24H23F3N2O3/c1-13(2)16-8-7-9-17(23(31)32)21(16)28-22(30)18-12-14(3)29(15(18)4)20-11-6-5-10-19(20)24(25,26)27/h5-13H,1-4H3,(H,28,30)(H,31,32). The second-order valence-electron chi connectivity index (χ2n) is 7.82. The van der Waals surface area contributed by atoms with E-state index >= 15 is 0 Å². The number of carbonyl (C=O) groups is 2. The van der Waals surface area contributed by atoms with Gasteiger partial charge in [0.15, 0.2) is 0 Å². The van der Waals surface area contributed by atoms with Gasteiger partial charge in [0.2, 0.25) is 0 Å². The molecule has 0 saturated heterocycles. The van der Waals surface area contributed by atoms with Gasteiger partial charge in [0, 0.05) is 11.4 Å². The molecule has 2 N–H and O–H groups in total. The molecule has 0 spiro atoms. The molecule has 0 aliphatic rings. The fraction of sp³-hybridized carbons (Fsp3) is 0.250. The van der Waals surface area contributed by atoms with Crippen LogP contribution >= 0.6 is 0 Å². The summed E-state index contributed by atoms with van der Waals surface area (Å²) in [6.07, 6.45) is -4.56. The minimum atomic E-state index is -4.56. The minimum Gasteiger partial charge on any atom is -0.478 e. The molecule has 0 radical (unpaired) electrons. The number of hydrogen-bond acceptors (Lipinski definition) is 2. The van der Waals surface area contributed by atoms with E-state index in [1.54, 1.807) is 26.0 Å². The number of amides is 1. The lowest BCUT2D eigenvalue weighted by molar-refractivity contribution is -0.137. The average Bonchev–Trinajstić information content (AvgIpc) is 3.01. The highest BCUT2D eigenvalue weighted by atomic mass is 19.4. The van der Waals surface area contributed by atoms with Crippen LogP contribution in [0, 0.1) is 13.8 Å². The topological polar surface area (TPSA) is 71.3 Å². The molecule has 2 aromatic carbocycles. The van der Waals surface area contributed by atoms with E-state index in [9.17, 15) is 27.9 Å². The summed E-state index contributed by atoms with van der Waals surface area (Å²) < 4.78 is 42.0. The van der Waals surface area contributed by atoms with Crippen LogP contribution in [0.1, 0.15) is 63.0 Å². The Bertz CT molecular complexity index is 1190. The first-order chi connectivity index (χ1) is 14.9. The van der Waals surface area contributed by atoms with E-state index in [4.69, 9.17) is 0 Å². The molecule has 0 fully saturated rings. The lowest BCUT2D eigenvalue weighted by atomic mass is 9.97. The van der Waals surface area contributed by atoms with Gasteiger partial charge >= 0.3 is 12.1 Å². The van der Waals surface area contributed by atoms with Crippen molar-refractivity contribution in [2.75, 3.05) is 5.32 Å². The van der Waals surface area contributed by atoms with Crippen LogP contribution in [0.3, 0.4) is 0 Å². The summed E-state index contributed by atoms with van der Waals surface area (Å²) in [7, 11) is 0. The summed E-state index contributed by atoms with van der Waals surface area (Å²) in [5, 5.41) is 12.2. The first-order valence-corrected chi connectivity index (χ1v) is 9.96. The van der Waals surface area contributed by atoms with Crippen LogP contribution in [-0.4, -0.2) is 21.6 Å². The molecule has 1 heterocycles. The van der Waals surface area contributed by atoms with E-state index in [0.29, 0.717) is 17.0 Å². The number of anilines is 1. The first-order valence-electron chi connectivity index (χ1n) is 9.96. The third-order valence-corrected chi connectivity index (χ3v) is 5.31. The molecule has 0 aliphatic heterocycles. The second-order valence-corrected chi connectivity index (χ2v) is 7.82. The number of alkyl halides is 3. The lowest BCUT2D eigenvalue weighted by Gasteiger charge is -2.18. The summed E-state index contributed by atoms with van der Waals surface area (Å²) in [5.74, 6) is -1.84. The summed E-state index contributed by atoms with van der Waals surface area (Å²) in [6.45, 7) is 6.91. The van der Waals surface area contributed by atoms with Crippen LogP contribution in [0.25, 0.3) is 5.69 Å². The zero-order valence-corrected chi connectivity index (χ0v) is 18.0. The van der Waals surface area contributed by atoms with Crippen LogP contribution in [0.2, 0.25) is 0 Å². The fourth-order valence-corrected chi connectivity index (χ4v) is 3.82. The van der Waals surface area contributed by atoms with Gasteiger partial charge in [-0.05, 0) is 49.6 Å². The number of carboxylic acid groups (broad SMARTS) is 1. The highest BCUT2D eigenvalue weighted by Gasteiger charge is 2.34. The summed E-state index contributed by atoms with van der Waals surface area (Å²) in [5.41, 5.74) is 0.801. The number of aromatic nitrogens is 1. The molecule has 5 nitrogen and oxygen atoms in total. The molecule has 3 rings (SSSR count). The maximum Gasteiger partial charge on any atom is 0.418 e. The van der Waals surface area contributed by atoms with Crippen molar-refractivity contribution in [1.82, 2.24) is 4.57 Å². The highest BCUT2D eigenvalue weighted by molar-refractivity contribution is 6.09. The zero-order valence-electron chi connectivity index (χ0n) is 18.0. The number of carboxylic acids is 1. The first kappa shape index (κ1) is 23.1. The maximum atomic E-state index is 13.5. The molecular formula is C24H23F3N2O3. The third-order valence-electron chi connectivity index (χ3n) is 5.31. The van der Waals surface area contributed by atoms with Crippen molar-refractivity contribution in [3.63, 3.8) is 0 Å². The molecule has 1 amide bonds. The molecule has 1 aromatic heterocycles. The number of halogens is 3. The van der Waals surface area contributed by atoms with Crippen molar-refractivity contribution in [1.29, 1.82) is 0 Å². The van der Waals surface area contributed by atoms with Gasteiger partial charge in [0.05, 0.1) is 28.1 Å². The van der Waals surface area contributed by atoms with E-state index in [1.165, 1.54) is 34.9 Å². The molecule has 8 heteroatoms. The normalized spacial score (nSPS) is 11.6. The smallest absolute Gasteiger partial charge is 0.418 e. The van der Waals surface area contributed by atoms with Crippen LogP contribution < -0.4 is 5.32 Å². The predicted molar refractivity (Wildman–Crippen MR) is 116 cm³/mol. The lowest BCUT2D eigenvalue weighted by Crippen LogP contribution is -2.18. The molecule has 0 saturated carbocycles. The zero-order chi connectivity index (χ0) is 23.8. The Kier molecular flexibility index (Phi) is 6.16. The van der Waals surface area contributed by atoms with Gasteiger partial charge in [-0.1, -0.05) is 38.1 Å². The van der Waals surface area contributed by atoms with Crippen molar-refractivity contribution in [3.8, 4) is 5.69 Å². The van der Waals surface area contributed by atoms with Crippen molar-refractivity contribution in [2.45, 2.75) is 39.8 Å². The number of para-hydroxylation sites is 2. The third kappa shape index (κ3) is 4.26. The van der Waals surface area contributed by atoms with Gasteiger partial charge in [-0.2, -0.15) is 13.2 Å². The summed E-state index contributed by atoms with van der Waals surface area (Å²) in [6, 6.07) is 11.4. The predicted octanol–water partition coefficient (Wildman–Crippen LogP) is 6.19. The average molecular weight is 444 g/mol. The molecule has 3 aromatic rings. The van der Waals surface area contributed by atoms with Crippen LogP contribution in [0.5, 0.6) is 0 Å². The van der Waals surface area contributed by atoms with E-state index in [0.717, 1.165) is 6.07 Å². The molecule has 32 heavy (non-hydrogen) atoms. The Morgan fingerprint density at radius 3 is 2.25 bits per heavy atom. The fourth-order valence-electron chi connectivity index (χ4n) is 3.82. The van der Waals surface area contributed by atoms with Gasteiger partial charge in [0.25, 0.3) is 5.91 Å². The van der Waals surface area contributed by atoms with E-state index in [-0.39, 0.29) is 28.4 Å². The SMILES string of the molecule is Cc1cc(C(=O)Nc2c(C(=O)O)cccc2C(C)C)c(C)n1-c1ccccc1C(F)(F)F. The highest BCUT2D eigenvalue weighted by Crippen LogP contribution is 2.36. The van der Waals surface area contributed by atoms with Crippen molar-refractivity contribution >= 4 is 17.6 Å². The molecule has 168 valence electrons. The van der Waals surface area contributed by atoms with Crippen LogP contribution in [-0.2, 0) is 6.18 Å². The number of rotatable bonds is 5.